The molecule has 1 saturated carbocycles. The zero-order valence-electron chi connectivity index (χ0n) is 9.82. The highest BCUT2D eigenvalue weighted by atomic mass is 16.3. The molecule has 0 bridgehead atoms. The number of amides is 1. The fraction of sp³-hybridized carbons (Fsp3) is 0.583. The molecule has 1 N–H and O–H groups in total. The van der Waals surface area contributed by atoms with Crippen molar-refractivity contribution < 1.29 is 9.21 Å². The van der Waals surface area contributed by atoms with Crippen LogP contribution in [0.4, 0.5) is 0 Å². The minimum atomic E-state index is 0.132. The summed E-state index contributed by atoms with van der Waals surface area (Å²) in [5, 5.41) is 3.22. The normalized spacial score (nSPS) is 15.1. The molecule has 4 nitrogen and oxygen atoms in total. The summed E-state index contributed by atoms with van der Waals surface area (Å²) < 4.78 is 5.20. The maximum absolute atomic E-state index is 11.7. The molecule has 88 valence electrons. The van der Waals surface area contributed by atoms with Crippen molar-refractivity contribution in [3.05, 3.63) is 23.7 Å². The molecular formula is C12H18N2O2. The average molecular weight is 222 g/mol. The fourth-order valence-corrected chi connectivity index (χ4v) is 1.57. The van der Waals surface area contributed by atoms with E-state index in [2.05, 4.69) is 5.32 Å². The van der Waals surface area contributed by atoms with Crippen LogP contribution in [0.1, 0.15) is 24.2 Å². The molecule has 1 fully saturated rings. The van der Waals surface area contributed by atoms with E-state index < -0.39 is 0 Å². The lowest BCUT2D eigenvalue weighted by Crippen LogP contribution is -2.36. The minimum absolute atomic E-state index is 0.132. The van der Waals surface area contributed by atoms with E-state index >= 15 is 0 Å². The van der Waals surface area contributed by atoms with E-state index in [-0.39, 0.29) is 5.91 Å². The molecule has 1 amide bonds. The third-order valence-corrected chi connectivity index (χ3v) is 2.92. The number of hydrogen-bond acceptors (Lipinski definition) is 3. The van der Waals surface area contributed by atoms with E-state index in [0.29, 0.717) is 19.1 Å². The van der Waals surface area contributed by atoms with Crippen molar-refractivity contribution in [3.8, 4) is 0 Å². The van der Waals surface area contributed by atoms with Gasteiger partial charge in [-0.2, -0.15) is 0 Å². The Balaban J connectivity index is 1.79. The van der Waals surface area contributed by atoms with Crippen LogP contribution in [0.15, 0.2) is 16.7 Å². The van der Waals surface area contributed by atoms with Gasteiger partial charge < -0.3 is 14.6 Å². The Morgan fingerprint density at radius 2 is 2.38 bits per heavy atom. The smallest absolute Gasteiger partial charge is 0.236 e. The summed E-state index contributed by atoms with van der Waals surface area (Å²) in [4.78, 5) is 13.5. The Labute approximate surface area is 95.6 Å². The van der Waals surface area contributed by atoms with Crippen LogP contribution in [-0.2, 0) is 11.3 Å². The molecule has 0 aromatic carbocycles. The van der Waals surface area contributed by atoms with Crippen LogP contribution in [0.2, 0.25) is 0 Å². The molecule has 0 unspecified atom stereocenters. The predicted octanol–water partition coefficient (Wildman–Crippen LogP) is 1.30. The molecule has 16 heavy (non-hydrogen) atoms. The van der Waals surface area contributed by atoms with Crippen molar-refractivity contribution in [1.82, 2.24) is 10.2 Å². The molecule has 4 heteroatoms. The summed E-state index contributed by atoms with van der Waals surface area (Å²) in [5.41, 5.74) is 1.07. The summed E-state index contributed by atoms with van der Waals surface area (Å²) in [6.07, 6.45) is 4.07. The zero-order valence-corrected chi connectivity index (χ0v) is 9.82. The van der Waals surface area contributed by atoms with Gasteiger partial charge in [-0.25, -0.2) is 0 Å². The summed E-state index contributed by atoms with van der Waals surface area (Å²) >= 11 is 0. The van der Waals surface area contributed by atoms with E-state index in [4.69, 9.17) is 4.42 Å². The average Bonchev–Trinajstić information content (AvgIpc) is 3.01. The number of nitrogens with one attached hydrogen (secondary N) is 1. The standard InChI is InChI=1S/C12H18N2O2/c1-9-10(5-6-16-9)8-14(2)12(15)7-13-11-3-4-11/h5-6,11,13H,3-4,7-8H2,1-2H3. The van der Waals surface area contributed by atoms with E-state index in [1.807, 2.05) is 20.0 Å². The number of furan rings is 1. The number of carbonyl (C=O) groups excluding carboxylic acids is 1. The van der Waals surface area contributed by atoms with Crippen LogP contribution in [0.5, 0.6) is 0 Å². The monoisotopic (exact) mass is 222 g/mol. The van der Waals surface area contributed by atoms with E-state index in [1.54, 1.807) is 11.2 Å². The number of likely N-dealkylation sites (N-methyl/N-ethyl adjacent to an activating group) is 1. The Morgan fingerprint density at radius 3 is 2.94 bits per heavy atom. The largest absolute Gasteiger partial charge is 0.469 e. The van der Waals surface area contributed by atoms with Gasteiger partial charge >= 0.3 is 0 Å². The highest BCUT2D eigenvalue weighted by molar-refractivity contribution is 5.78. The lowest BCUT2D eigenvalue weighted by Gasteiger charge is -2.17. The lowest BCUT2D eigenvalue weighted by molar-refractivity contribution is -0.129. The SMILES string of the molecule is Cc1occc1CN(C)C(=O)CNC1CC1. The molecule has 0 aliphatic heterocycles. The van der Waals surface area contributed by atoms with Crippen molar-refractivity contribution >= 4 is 5.91 Å². The third kappa shape index (κ3) is 2.85. The third-order valence-electron chi connectivity index (χ3n) is 2.92. The molecule has 0 saturated heterocycles. The van der Waals surface area contributed by atoms with Crippen LogP contribution in [0.3, 0.4) is 0 Å². The molecule has 1 aromatic rings. The predicted molar refractivity (Wildman–Crippen MR) is 60.9 cm³/mol. The van der Waals surface area contributed by atoms with Crippen LogP contribution >= 0.6 is 0 Å². The van der Waals surface area contributed by atoms with Gasteiger partial charge in [0.15, 0.2) is 0 Å². The van der Waals surface area contributed by atoms with Crippen LogP contribution in [-0.4, -0.2) is 30.4 Å². The Hall–Kier alpha value is -1.29. The Bertz CT molecular complexity index is 369. The second kappa shape index (κ2) is 4.70. The van der Waals surface area contributed by atoms with E-state index in [0.717, 1.165) is 11.3 Å². The first-order chi connectivity index (χ1) is 7.66. The van der Waals surface area contributed by atoms with Gasteiger partial charge in [-0.05, 0) is 25.8 Å². The van der Waals surface area contributed by atoms with Gasteiger partial charge in [-0.3, -0.25) is 4.79 Å². The second-order valence-corrected chi connectivity index (χ2v) is 4.41. The van der Waals surface area contributed by atoms with Gasteiger partial charge in [0, 0.05) is 25.2 Å². The quantitative estimate of drug-likeness (QED) is 0.816. The highest BCUT2D eigenvalue weighted by Gasteiger charge is 2.22. The van der Waals surface area contributed by atoms with Crippen molar-refractivity contribution in [2.45, 2.75) is 32.4 Å². The summed E-state index contributed by atoms with van der Waals surface area (Å²) in [6, 6.07) is 2.49. The first kappa shape index (κ1) is 11.2. The molecule has 0 atom stereocenters. The number of hydrogen-bond donors (Lipinski definition) is 1. The molecule has 1 aliphatic carbocycles. The first-order valence-electron chi connectivity index (χ1n) is 5.67. The molecule has 2 rings (SSSR count). The van der Waals surface area contributed by atoms with Gasteiger partial charge in [0.1, 0.15) is 5.76 Å². The molecular weight excluding hydrogens is 204 g/mol. The Kier molecular flexibility index (Phi) is 3.29. The van der Waals surface area contributed by atoms with Crippen molar-refractivity contribution in [1.29, 1.82) is 0 Å². The van der Waals surface area contributed by atoms with E-state index in [9.17, 15) is 4.79 Å². The topological polar surface area (TPSA) is 45.5 Å². The second-order valence-electron chi connectivity index (χ2n) is 4.41. The molecule has 1 aromatic heterocycles. The van der Waals surface area contributed by atoms with Crippen molar-refractivity contribution in [3.63, 3.8) is 0 Å². The molecule has 1 aliphatic rings. The maximum Gasteiger partial charge on any atom is 0.236 e. The van der Waals surface area contributed by atoms with Gasteiger partial charge in [0.25, 0.3) is 0 Å². The van der Waals surface area contributed by atoms with Gasteiger partial charge in [-0.1, -0.05) is 0 Å². The first-order valence-corrected chi connectivity index (χ1v) is 5.67. The van der Waals surface area contributed by atoms with Gasteiger partial charge in [0.2, 0.25) is 5.91 Å². The van der Waals surface area contributed by atoms with Crippen LogP contribution in [0, 0.1) is 6.92 Å². The fourth-order valence-electron chi connectivity index (χ4n) is 1.57. The number of carbonyl (C=O) groups is 1. The minimum Gasteiger partial charge on any atom is -0.469 e. The molecule has 1 heterocycles. The van der Waals surface area contributed by atoms with E-state index in [1.165, 1.54) is 12.8 Å². The number of nitrogens with zero attached hydrogens (tertiary/aromatic N) is 1. The van der Waals surface area contributed by atoms with Gasteiger partial charge in [-0.15, -0.1) is 0 Å². The van der Waals surface area contributed by atoms with Crippen LogP contribution in [0.25, 0.3) is 0 Å². The number of aryl methyl sites for hydroxylation is 1. The summed E-state index contributed by atoms with van der Waals surface area (Å²) in [5.74, 6) is 1.02. The van der Waals surface area contributed by atoms with Gasteiger partial charge in [0.05, 0.1) is 12.8 Å². The Morgan fingerprint density at radius 1 is 1.62 bits per heavy atom. The van der Waals surface area contributed by atoms with Crippen molar-refractivity contribution in [2.24, 2.45) is 0 Å². The van der Waals surface area contributed by atoms with Crippen LogP contribution < -0.4 is 5.32 Å². The molecule has 0 radical (unpaired) electrons. The maximum atomic E-state index is 11.7. The zero-order chi connectivity index (χ0) is 11.5. The number of rotatable bonds is 5. The molecule has 0 spiro atoms. The summed E-state index contributed by atoms with van der Waals surface area (Å²) in [6.45, 7) is 2.97. The highest BCUT2D eigenvalue weighted by Crippen LogP contribution is 2.18. The van der Waals surface area contributed by atoms with Crippen molar-refractivity contribution in [2.75, 3.05) is 13.6 Å². The summed E-state index contributed by atoms with van der Waals surface area (Å²) in [7, 11) is 1.82. The lowest BCUT2D eigenvalue weighted by atomic mass is 10.2.